The summed E-state index contributed by atoms with van der Waals surface area (Å²) in [6.07, 6.45) is 2.75. The van der Waals surface area contributed by atoms with Gasteiger partial charge in [-0.3, -0.25) is 0 Å². The van der Waals surface area contributed by atoms with Gasteiger partial charge in [-0.1, -0.05) is 13.8 Å². The first-order valence-electron chi connectivity index (χ1n) is 9.96. The molecule has 0 saturated carbocycles. The van der Waals surface area contributed by atoms with Crippen molar-refractivity contribution in [2.75, 3.05) is 40.4 Å². The molecule has 0 saturated heterocycles. The molecule has 0 atom stereocenters. The number of aryl methyl sites for hydroxylation is 1. The van der Waals surface area contributed by atoms with Crippen LogP contribution in [0.1, 0.15) is 37.9 Å². The van der Waals surface area contributed by atoms with E-state index in [1.807, 2.05) is 19.1 Å². The van der Waals surface area contributed by atoms with Crippen molar-refractivity contribution in [3.8, 4) is 28.6 Å². The zero-order valence-corrected chi connectivity index (χ0v) is 18.6. The summed E-state index contributed by atoms with van der Waals surface area (Å²) in [5, 5.41) is 3.43. The number of anilines is 1. The van der Waals surface area contributed by atoms with Gasteiger partial charge in [-0.25, -0.2) is 9.97 Å². The lowest BCUT2D eigenvalue weighted by Crippen LogP contribution is -2.19. The van der Waals surface area contributed by atoms with Crippen molar-refractivity contribution in [3.05, 3.63) is 23.4 Å². The van der Waals surface area contributed by atoms with Crippen molar-refractivity contribution in [1.29, 1.82) is 0 Å². The van der Waals surface area contributed by atoms with Gasteiger partial charge in [0.2, 0.25) is 0 Å². The minimum atomic E-state index is 0.313. The van der Waals surface area contributed by atoms with E-state index in [1.54, 1.807) is 28.4 Å². The highest BCUT2D eigenvalue weighted by atomic mass is 16.5. The first-order chi connectivity index (χ1) is 14.0. The molecule has 0 unspecified atom stereocenters. The van der Waals surface area contributed by atoms with Crippen molar-refractivity contribution in [2.24, 2.45) is 0 Å². The smallest absolute Gasteiger partial charge is 0.257 e. The molecule has 0 fully saturated rings. The summed E-state index contributed by atoms with van der Waals surface area (Å²) in [6, 6.07) is 4.29. The molecule has 1 N–H and O–H groups in total. The average molecular weight is 404 g/mol. The number of hydrogen-bond donors (Lipinski definition) is 1. The van der Waals surface area contributed by atoms with Crippen LogP contribution >= 0.6 is 0 Å². The number of methoxy groups -OCH3 is 4. The van der Waals surface area contributed by atoms with E-state index in [0.717, 1.165) is 36.1 Å². The Balaban J connectivity index is 2.58. The molecule has 7 heteroatoms. The second-order valence-electron chi connectivity index (χ2n) is 6.79. The molecule has 7 nitrogen and oxygen atoms in total. The fraction of sp³-hybridized carbons (Fsp3) is 0.545. The quantitative estimate of drug-likeness (QED) is 0.600. The predicted octanol–water partition coefficient (Wildman–Crippen LogP) is 4.27. The Hall–Kier alpha value is -2.54. The second kappa shape index (κ2) is 10.9. The van der Waals surface area contributed by atoms with Crippen molar-refractivity contribution in [2.45, 2.75) is 46.1 Å². The number of hydrogen-bond acceptors (Lipinski definition) is 7. The van der Waals surface area contributed by atoms with Gasteiger partial charge in [0.15, 0.2) is 5.82 Å². The number of rotatable bonds is 11. The molecule has 0 aliphatic rings. The van der Waals surface area contributed by atoms with Gasteiger partial charge in [0.05, 0.1) is 39.2 Å². The van der Waals surface area contributed by atoms with E-state index in [-0.39, 0.29) is 0 Å². The van der Waals surface area contributed by atoms with Crippen molar-refractivity contribution in [3.63, 3.8) is 0 Å². The molecule has 1 aromatic carbocycles. The van der Waals surface area contributed by atoms with Crippen LogP contribution in [0.3, 0.4) is 0 Å². The summed E-state index contributed by atoms with van der Waals surface area (Å²) in [5.41, 5.74) is 3.26. The summed E-state index contributed by atoms with van der Waals surface area (Å²) in [4.78, 5) is 9.51. The molecular weight excluding hydrogens is 370 g/mol. The number of benzene rings is 1. The molecule has 160 valence electrons. The topological polar surface area (TPSA) is 74.7 Å². The van der Waals surface area contributed by atoms with Gasteiger partial charge in [-0.05, 0) is 43.9 Å². The first kappa shape index (κ1) is 22.7. The fourth-order valence-corrected chi connectivity index (χ4v) is 3.23. The normalized spacial score (nSPS) is 10.9. The number of aromatic nitrogens is 2. The molecule has 0 bridgehead atoms. The summed E-state index contributed by atoms with van der Waals surface area (Å²) in [7, 11) is 6.57. The third kappa shape index (κ3) is 5.29. The number of nitrogens with zero attached hydrogens (tertiary/aromatic N) is 2. The van der Waals surface area contributed by atoms with Crippen LogP contribution in [0.4, 0.5) is 5.82 Å². The summed E-state index contributed by atoms with van der Waals surface area (Å²) < 4.78 is 22.1. The molecule has 0 aliphatic carbocycles. The molecule has 0 amide bonds. The van der Waals surface area contributed by atoms with E-state index < -0.39 is 0 Å². The SMILES string of the molecule is CCC(CC)Nc1nc(C)c(-c2c(OC)cc(CCOC)cc2OC)nc1OC. The largest absolute Gasteiger partial charge is 0.496 e. The van der Waals surface area contributed by atoms with E-state index in [4.69, 9.17) is 28.9 Å². The van der Waals surface area contributed by atoms with Gasteiger partial charge in [0.25, 0.3) is 5.88 Å². The molecule has 1 aromatic heterocycles. The second-order valence-corrected chi connectivity index (χ2v) is 6.79. The number of nitrogens with one attached hydrogen (secondary N) is 1. The first-order valence-corrected chi connectivity index (χ1v) is 9.96. The van der Waals surface area contributed by atoms with Gasteiger partial charge in [-0.2, -0.15) is 0 Å². The molecule has 2 rings (SSSR count). The van der Waals surface area contributed by atoms with Crippen LogP contribution in [-0.4, -0.2) is 51.1 Å². The monoisotopic (exact) mass is 403 g/mol. The van der Waals surface area contributed by atoms with Crippen LogP contribution in [0, 0.1) is 6.92 Å². The maximum absolute atomic E-state index is 5.68. The molecule has 2 aromatic rings. The van der Waals surface area contributed by atoms with Crippen molar-refractivity contribution < 1.29 is 18.9 Å². The lowest BCUT2D eigenvalue weighted by molar-refractivity contribution is 0.202. The molecule has 29 heavy (non-hydrogen) atoms. The van der Waals surface area contributed by atoms with Gasteiger partial charge < -0.3 is 24.3 Å². The Bertz CT molecular complexity index is 782. The zero-order chi connectivity index (χ0) is 21.4. The van der Waals surface area contributed by atoms with Crippen LogP contribution in [0.2, 0.25) is 0 Å². The standard InChI is InChI=1S/C22H33N3O4/c1-8-16(9-2)24-21-22(29-7)25-20(14(3)23-21)19-17(27-5)12-15(10-11-26-4)13-18(19)28-6/h12-13,16H,8-11H2,1-7H3,(H,23,24). The van der Waals surface area contributed by atoms with E-state index in [9.17, 15) is 0 Å². The highest BCUT2D eigenvalue weighted by molar-refractivity contribution is 5.77. The minimum absolute atomic E-state index is 0.313. The maximum Gasteiger partial charge on any atom is 0.257 e. The van der Waals surface area contributed by atoms with Crippen LogP contribution in [0.15, 0.2) is 12.1 Å². The fourth-order valence-electron chi connectivity index (χ4n) is 3.23. The van der Waals surface area contributed by atoms with Gasteiger partial charge >= 0.3 is 0 Å². The van der Waals surface area contributed by atoms with Crippen LogP contribution in [0.5, 0.6) is 17.4 Å². The third-order valence-electron chi connectivity index (χ3n) is 4.96. The van der Waals surface area contributed by atoms with Gasteiger partial charge in [0, 0.05) is 13.2 Å². The molecule has 0 radical (unpaired) electrons. The van der Waals surface area contributed by atoms with E-state index in [0.29, 0.717) is 41.5 Å². The van der Waals surface area contributed by atoms with Crippen molar-refractivity contribution >= 4 is 5.82 Å². The Morgan fingerprint density at radius 1 is 0.931 bits per heavy atom. The molecular formula is C22H33N3O4. The van der Waals surface area contributed by atoms with Crippen LogP contribution in [-0.2, 0) is 11.2 Å². The Kier molecular flexibility index (Phi) is 8.51. The summed E-state index contributed by atoms with van der Waals surface area (Å²) in [5.74, 6) is 2.45. The maximum atomic E-state index is 5.68. The molecule has 1 heterocycles. The van der Waals surface area contributed by atoms with Gasteiger partial charge in [0.1, 0.15) is 17.2 Å². The lowest BCUT2D eigenvalue weighted by Gasteiger charge is -2.20. The summed E-state index contributed by atoms with van der Waals surface area (Å²) >= 11 is 0. The van der Waals surface area contributed by atoms with E-state index in [1.165, 1.54) is 0 Å². The highest BCUT2D eigenvalue weighted by Gasteiger charge is 2.22. The Morgan fingerprint density at radius 2 is 1.55 bits per heavy atom. The van der Waals surface area contributed by atoms with Crippen molar-refractivity contribution in [1.82, 2.24) is 9.97 Å². The van der Waals surface area contributed by atoms with E-state index in [2.05, 4.69) is 19.2 Å². The van der Waals surface area contributed by atoms with E-state index >= 15 is 0 Å². The number of ether oxygens (including phenoxy) is 4. The minimum Gasteiger partial charge on any atom is -0.496 e. The zero-order valence-electron chi connectivity index (χ0n) is 18.6. The lowest BCUT2D eigenvalue weighted by atomic mass is 10.0. The molecule has 0 spiro atoms. The van der Waals surface area contributed by atoms with Crippen LogP contribution in [0.25, 0.3) is 11.3 Å². The van der Waals surface area contributed by atoms with Gasteiger partial charge in [-0.15, -0.1) is 0 Å². The Morgan fingerprint density at radius 3 is 2.03 bits per heavy atom. The third-order valence-corrected chi connectivity index (χ3v) is 4.96. The molecule has 0 aliphatic heterocycles. The highest BCUT2D eigenvalue weighted by Crippen LogP contribution is 2.41. The van der Waals surface area contributed by atoms with Crippen LogP contribution < -0.4 is 19.5 Å². The Labute approximate surface area is 173 Å². The average Bonchev–Trinajstić information content (AvgIpc) is 2.75. The summed E-state index contributed by atoms with van der Waals surface area (Å²) in [6.45, 7) is 6.83. The predicted molar refractivity (Wildman–Crippen MR) is 115 cm³/mol.